The molecule has 1 saturated heterocycles. The highest BCUT2D eigenvalue weighted by Crippen LogP contribution is 2.25. The Morgan fingerprint density at radius 3 is 2.45 bits per heavy atom. The Morgan fingerprint density at radius 1 is 1.10 bits per heavy atom. The average Bonchev–Trinajstić information content (AvgIpc) is 2.68. The van der Waals surface area contributed by atoms with Gasteiger partial charge in [-0.3, -0.25) is 9.59 Å². The first-order chi connectivity index (χ1) is 13.8. The number of benzene rings is 1. The molecule has 1 N–H and O–H groups in total. The van der Waals surface area contributed by atoms with E-state index in [2.05, 4.69) is 15.3 Å². The quantitative estimate of drug-likeness (QED) is 0.834. The van der Waals surface area contributed by atoms with Crippen LogP contribution in [0.25, 0.3) is 0 Å². The maximum absolute atomic E-state index is 12.9. The SMILES string of the molecule is CC(=O)N1CCN(c2nc(C)cc(C(=O)Nc3ccccc3OC(C)C)n2)CC1. The highest BCUT2D eigenvalue weighted by Gasteiger charge is 2.22. The molecule has 1 aliphatic rings. The molecular formula is C21H27N5O3. The number of piperazine rings is 1. The molecule has 0 radical (unpaired) electrons. The van der Waals surface area contributed by atoms with Crippen LogP contribution in [0.3, 0.4) is 0 Å². The van der Waals surface area contributed by atoms with Crippen molar-refractivity contribution in [3.8, 4) is 5.75 Å². The number of amides is 2. The Labute approximate surface area is 170 Å². The third-order valence-electron chi connectivity index (χ3n) is 4.58. The van der Waals surface area contributed by atoms with Gasteiger partial charge < -0.3 is 19.9 Å². The van der Waals surface area contributed by atoms with E-state index in [0.29, 0.717) is 55.0 Å². The Kier molecular flexibility index (Phi) is 6.31. The van der Waals surface area contributed by atoms with E-state index in [9.17, 15) is 9.59 Å². The summed E-state index contributed by atoms with van der Waals surface area (Å²) in [5.74, 6) is 0.864. The number of para-hydroxylation sites is 2. The molecule has 29 heavy (non-hydrogen) atoms. The molecule has 0 atom stereocenters. The number of anilines is 2. The molecule has 1 aromatic carbocycles. The van der Waals surface area contributed by atoms with Crippen molar-refractivity contribution in [2.24, 2.45) is 0 Å². The van der Waals surface area contributed by atoms with Gasteiger partial charge in [0.2, 0.25) is 11.9 Å². The van der Waals surface area contributed by atoms with Crippen molar-refractivity contribution in [3.05, 3.63) is 41.7 Å². The number of nitrogens with zero attached hydrogens (tertiary/aromatic N) is 4. The second kappa shape index (κ2) is 8.89. The zero-order valence-electron chi connectivity index (χ0n) is 17.3. The number of hydrogen-bond acceptors (Lipinski definition) is 6. The molecule has 154 valence electrons. The van der Waals surface area contributed by atoms with E-state index in [0.717, 1.165) is 0 Å². The predicted octanol–water partition coefficient (Wildman–Crippen LogP) is 2.49. The lowest BCUT2D eigenvalue weighted by Gasteiger charge is -2.34. The summed E-state index contributed by atoms with van der Waals surface area (Å²) in [5.41, 5.74) is 1.60. The lowest BCUT2D eigenvalue weighted by molar-refractivity contribution is -0.129. The van der Waals surface area contributed by atoms with Crippen LogP contribution in [-0.2, 0) is 4.79 Å². The number of aromatic nitrogens is 2. The molecule has 0 saturated carbocycles. The Morgan fingerprint density at radius 2 is 1.79 bits per heavy atom. The fourth-order valence-electron chi connectivity index (χ4n) is 3.14. The summed E-state index contributed by atoms with van der Waals surface area (Å²) in [5, 5.41) is 2.89. The number of aryl methyl sites for hydroxylation is 1. The molecule has 0 spiro atoms. The summed E-state index contributed by atoms with van der Waals surface area (Å²) < 4.78 is 5.77. The first kappa shape index (κ1) is 20.6. The van der Waals surface area contributed by atoms with Gasteiger partial charge in [-0.25, -0.2) is 9.97 Å². The third-order valence-corrected chi connectivity index (χ3v) is 4.58. The van der Waals surface area contributed by atoms with Gasteiger partial charge in [0.15, 0.2) is 0 Å². The van der Waals surface area contributed by atoms with Crippen molar-refractivity contribution < 1.29 is 14.3 Å². The minimum atomic E-state index is -0.320. The molecule has 1 aromatic heterocycles. The number of rotatable bonds is 5. The van der Waals surface area contributed by atoms with Crippen molar-refractivity contribution in [3.63, 3.8) is 0 Å². The van der Waals surface area contributed by atoms with E-state index in [4.69, 9.17) is 4.74 Å². The number of ether oxygens (including phenoxy) is 1. The van der Waals surface area contributed by atoms with E-state index in [-0.39, 0.29) is 17.9 Å². The van der Waals surface area contributed by atoms with Crippen LogP contribution >= 0.6 is 0 Å². The van der Waals surface area contributed by atoms with Crippen molar-refractivity contribution in [1.29, 1.82) is 0 Å². The summed E-state index contributed by atoms with van der Waals surface area (Å²) in [7, 11) is 0. The Bertz CT molecular complexity index is 892. The maximum atomic E-state index is 12.9. The van der Waals surface area contributed by atoms with Gasteiger partial charge in [-0.2, -0.15) is 0 Å². The standard InChI is InChI=1S/C21H27N5O3/c1-14(2)29-19-8-6-5-7-17(19)23-20(28)18-13-15(3)22-21(24-18)26-11-9-25(10-12-26)16(4)27/h5-8,13-14H,9-12H2,1-4H3,(H,23,28). The van der Waals surface area contributed by atoms with Crippen LogP contribution < -0.4 is 15.0 Å². The van der Waals surface area contributed by atoms with Crippen molar-refractivity contribution >= 4 is 23.5 Å². The molecule has 2 aromatic rings. The molecule has 8 heteroatoms. The molecule has 0 aliphatic carbocycles. The molecule has 2 amide bonds. The summed E-state index contributed by atoms with van der Waals surface area (Å²) in [4.78, 5) is 37.1. The third kappa shape index (κ3) is 5.22. The summed E-state index contributed by atoms with van der Waals surface area (Å²) >= 11 is 0. The van der Waals surface area contributed by atoms with Crippen molar-refractivity contribution in [2.45, 2.75) is 33.8 Å². The molecule has 2 heterocycles. The van der Waals surface area contributed by atoms with Crippen LogP contribution in [0.4, 0.5) is 11.6 Å². The molecule has 8 nitrogen and oxygen atoms in total. The van der Waals surface area contributed by atoms with Gasteiger partial charge in [-0.1, -0.05) is 12.1 Å². The van der Waals surface area contributed by atoms with Crippen LogP contribution in [0, 0.1) is 6.92 Å². The van der Waals surface area contributed by atoms with Crippen LogP contribution in [0.2, 0.25) is 0 Å². The van der Waals surface area contributed by atoms with Gasteiger partial charge in [-0.05, 0) is 39.0 Å². The lowest BCUT2D eigenvalue weighted by atomic mass is 10.2. The van der Waals surface area contributed by atoms with Crippen LogP contribution in [0.1, 0.15) is 37.0 Å². The predicted molar refractivity (Wildman–Crippen MR) is 111 cm³/mol. The topological polar surface area (TPSA) is 87.7 Å². The molecule has 0 unspecified atom stereocenters. The number of carbonyl (C=O) groups is 2. The number of hydrogen-bond donors (Lipinski definition) is 1. The van der Waals surface area contributed by atoms with Crippen LogP contribution in [0.5, 0.6) is 5.75 Å². The van der Waals surface area contributed by atoms with Crippen LogP contribution in [-0.4, -0.2) is 59.0 Å². The average molecular weight is 397 g/mol. The maximum Gasteiger partial charge on any atom is 0.274 e. The Balaban J connectivity index is 1.76. The van der Waals surface area contributed by atoms with E-state index in [1.807, 2.05) is 43.9 Å². The van der Waals surface area contributed by atoms with Gasteiger partial charge >= 0.3 is 0 Å². The molecule has 3 rings (SSSR count). The molecule has 0 bridgehead atoms. The van der Waals surface area contributed by atoms with Gasteiger partial charge in [0.25, 0.3) is 5.91 Å². The van der Waals surface area contributed by atoms with E-state index < -0.39 is 0 Å². The normalized spacial score (nSPS) is 14.1. The molecular weight excluding hydrogens is 370 g/mol. The molecule has 1 fully saturated rings. The molecule has 1 aliphatic heterocycles. The monoisotopic (exact) mass is 397 g/mol. The number of nitrogens with one attached hydrogen (secondary N) is 1. The minimum Gasteiger partial charge on any atom is -0.489 e. The van der Waals surface area contributed by atoms with Crippen molar-refractivity contribution in [2.75, 3.05) is 36.4 Å². The fourth-order valence-corrected chi connectivity index (χ4v) is 3.14. The fraction of sp³-hybridized carbons (Fsp3) is 0.429. The summed E-state index contributed by atoms with van der Waals surface area (Å²) in [6.07, 6.45) is -0.00498. The highest BCUT2D eigenvalue weighted by molar-refractivity contribution is 6.03. The van der Waals surface area contributed by atoms with E-state index in [1.165, 1.54) is 0 Å². The van der Waals surface area contributed by atoms with E-state index in [1.54, 1.807) is 24.0 Å². The smallest absolute Gasteiger partial charge is 0.274 e. The van der Waals surface area contributed by atoms with Gasteiger partial charge in [0.1, 0.15) is 11.4 Å². The van der Waals surface area contributed by atoms with Gasteiger partial charge in [0, 0.05) is 38.8 Å². The number of carbonyl (C=O) groups excluding carboxylic acids is 2. The zero-order chi connectivity index (χ0) is 21.0. The summed E-state index contributed by atoms with van der Waals surface area (Å²) in [6.45, 7) is 9.78. The second-order valence-corrected chi connectivity index (χ2v) is 7.30. The lowest BCUT2D eigenvalue weighted by Crippen LogP contribution is -2.48. The second-order valence-electron chi connectivity index (χ2n) is 7.30. The minimum absolute atomic E-state index is 0.00498. The van der Waals surface area contributed by atoms with Crippen molar-refractivity contribution in [1.82, 2.24) is 14.9 Å². The Hall–Kier alpha value is -3.16. The first-order valence-corrected chi connectivity index (χ1v) is 9.76. The zero-order valence-corrected chi connectivity index (χ0v) is 17.3. The van der Waals surface area contributed by atoms with Gasteiger partial charge in [-0.15, -0.1) is 0 Å². The van der Waals surface area contributed by atoms with Gasteiger partial charge in [0.05, 0.1) is 11.8 Å². The first-order valence-electron chi connectivity index (χ1n) is 9.76. The van der Waals surface area contributed by atoms with E-state index >= 15 is 0 Å². The highest BCUT2D eigenvalue weighted by atomic mass is 16.5. The summed E-state index contributed by atoms with van der Waals surface area (Å²) in [6, 6.07) is 8.98. The van der Waals surface area contributed by atoms with Crippen LogP contribution in [0.15, 0.2) is 30.3 Å². The largest absolute Gasteiger partial charge is 0.489 e.